The summed E-state index contributed by atoms with van der Waals surface area (Å²) in [4.78, 5) is 0. The fourth-order valence-electron chi connectivity index (χ4n) is 7.38. The van der Waals surface area contributed by atoms with Crippen molar-refractivity contribution in [3.05, 3.63) is 140 Å². The van der Waals surface area contributed by atoms with Crippen LogP contribution in [-0.2, 0) is 4.57 Å². The maximum Gasteiger partial charge on any atom is 0.647 e. The van der Waals surface area contributed by atoms with E-state index in [0.717, 1.165) is 66.8 Å². The molecule has 0 radical (unpaired) electrons. The average Bonchev–Trinajstić information content (AvgIpc) is 3.12. The Bertz CT molecular complexity index is 2320. The van der Waals surface area contributed by atoms with Crippen molar-refractivity contribution < 1.29 is 33.5 Å². The van der Waals surface area contributed by atoms with Crippen molar-refractivity contribution in [2.45, 2.75) is 83.1 Å². The summed E-state index contributed by atoms with van der Waals surface area (Å²) < 4.78 is 35.4. The molecular formula is C48H51O7P. The zero-order valence-electron chi connectivity index (χ0n) is 34.4. The summed E-state index contributed by atoms with van der Waals surface area (Å²) in [6.45, 7) is 23.4. The Morgan fingerprint density at radius 1 is 0.375 bits per heavy atom. The first-order valence-electron chi connectivity index (χ1n) is 18.7. The number of phosphoric acid groups is 1. The molecule has 6 aromatic rings. The van der Waals surface area contributed by atoms with Crippen molar-refractivity contribution in [3.63, 3.8) is 0 Å². The molecule has 0 saturated carbocycles. The van der Waals surface area contributed by atoms with Gasteiger partial charge in [0.1, 0.15) is 34.5 Å². The SMILES string of the molecule is Cc1ccc(OP(=O)(Oc2ccc(C)cc2-c2c(O)cc(C)c(C)c2C)Oc2ccc(C)cc2-c2c(O)cc(C)c(C)c2C)c(-c2c(O)cc(C)c(C)c2C)c1. The first-order chi connectivity index (χ1) is 26.3. The van der Waals surface area contributed by atoms with E-state index in [1.807, 2.05) is 119 Å². The van der Waals surface area contributed by atoms with E-state index in [0.29, 0.717) is 33.4 Å². The number of benzene rings is 6. The molecule has 56 heavy (non-hydrogen) atoms. The summed E-state index contributed by atoms with van der Waals surface area (Å²) >= 11 is 0. The van der Waals surface area contributed by atoms with Crippen LogP contribution in [0.15, 0.2) is 72.8 Å². The van der Waals surface area contributed by atoms with Crippen molar-refractivity contribution in [1.29, 1.82) is 0 Å². The van der Waals surface area contributed by atoms with Crippen LogP contribution in [0.25, 0.3) is 33.4 Å². The molecule has 0 heterocycles. The first-order valence-corrected chi connectivity index (χ1v) is 20.2. The standard InChI is InChI=1S/C48H51O7P/c1-25-13-16-43(37(19-25)46-34(10)31(7)28(4)22-40(46)49)53-56(52,54-44-17-14-26(2)20-38(44)47-35(11)32(8)29(5)23-41(47)50)55-45-18-15-27(3)21-39(45)48-36(12)33(9)30(6)24-42(48)51/h13-24,49-51H,1-12H3. The van der Waals surface area contributed by atoms with E-state index < -0.39 is 7.82 Å². The predicted octanol–water partition coefficient (Wildman–Crippen LogP) is 13.2. The van der Waals surface area contributed by atoms with Gasteiger partial charge >= 0.3 is 7.82 Å². The van der Waals surface area contributed by atoms with Gasteiger partial charge in [-0.1, -0.05) is 34.9 Å². The monoisotopic (exact) mass is 770 g/mol. The zero-order valence-corrected chi connectivity index (χ0v) is 35.2. The number of phenols is 3. The molecule has 0 aliphatic heterocycles. The molecule has 0 fully saturated rings. The number of hydrogen-bond acceptors (Lipinski definition) is 7. The number of aromatic hydroxyl groups is 3. The van der Waals surface area contributed by atoms with E-state index in [9.17, 15) is 15.3 Å². The lowest BCUT2D eigenvalue weighted by molar-refractivity contribution is 0.299. The molecule has 0 aliphatic carbocycles. The topological polar surface area (TPSA) is 105 Å². The zero-order chi connectivity index (χ0) is 41.0. The van der Waals surface area contributed by atoms with Crippen LogP contribution in [0.1, 0.15) is 66.8 Å². The van der Waals surface area contributed by atoms with E-state index in [1.54, 1.807) is 36.4 Å². The van der Waals surface area contributed by atoms with Gasteiger partial charge in [0, 0.05) is 33.4 Å². The summed E-state index contributed by atoms with van der Waals surface area (Å²) in [6, 6.07) is 21.3. The van der Waals surface area contributed by atoms with Crippen LogP contribution in [0.2, 0.25) is 0 Å². The fourth-order valence-corrected chi connectivity index (χ4v) is 8.69. The molecule has 0 bridgehead atoms. The van der Waals surface area contributed by atoms with Crippen LogP contribution in [0.5, 0.6) is 34.5 Å². The van der Waals surface area contributed by atoms with Gasteiger partial charge in [-0.3, -0.25) is 0 Å². The summed E-state index contributed by atoms with van der Waals surface area (Å²) in [5.74, 6) is 0.664. The molecule has 0 amide bonds. The Balaban J connectivity index is 1.60. The van der Waals surface area contributed by atoms with Crippen molar-refractivity contribution >= 4 is 7.82 Å². The molecule has 6 aromatic carbocycles. The van der Waals surface area contributed by atoms with Gasteiger partial charge in [-0.25, -0.2) is 0 Å². The van der Waals surface area contributed by atoms with Gasteiger partial charge in [0.25, 0.3) is 0 Å². The van der Waals surface area contributed by atoms with E-state index in [-0.39, 0.29) is 34.5 Å². The van der Waals surface area contributed by atoms with E-state index >= 15 is 4.57 Å². The van der Waals surface area contributed by atoms with Crippen LogP contribution < -0.4 is 13.6 Å². The van der Waals surface area contributed by atoms with Gasteiger partial charge < -0.3 is 28.9 Å². The average molecular weight is 771 g/mol. The predicted molar refractivity (Wildman–Crippen MR) is 227 cm³/mol. The summed E-state index contributed by atoms with van der Waals surface area (Å²) in [7, 11) is -4.77. The fraction of sp³-hybridized carbons (Fsp3) is 0.250. The normalized spacial score (nSPS) is 11.5. The van der Waals surface area contributed by atoms with Crippen LogP contribution in [-0.4, -0.2) is 15.3 Å². The number of rotatable bonds is 9. The number of phosphoric ester groups is 1. The lowest BCUT2D eigenvalue weighted by Crippen LogP contribution is -2.10. The Kier molecular flexibility index (Phi) is 10.8. The van der Waals surface area contributed by atoms with Crippen molar-refractivity contribution in [2.75, 3.05) is 0 Å². The Morgan fingerprint density at radius 3 is 0.875 bits per heavy atom. The van der Waals surface area contributed by atoms with E-state index in [1.165, 1.54) is 0 Å². The Labute approximate surface area is 330 Å². The number of aryl methyl sites for hydroxylation is 6. The largest absolute Gasteiger partial charge is 0.647 e. The number of hydrogen-bond donors (Lipinski definition) is 3. The summed E-state index contributed by atoms with van der Waals surface area (Å²) in [5, 5.41) is 34.1. The van der Waals surface area contributed by atoms with E-state index in [4.69, 9.17) is 13.6 Å². The third-order valence-electron chi connectivity index (χ3n) is 11.3. The molecule has 0 spiro atoms. The van der Waals surface area contributed by atoms with Crippen LogP contribution >= 0.6 is 7.82 Å². The lowest BCUT2D eigenvalue weighted by Gasteiger charge is -2.25. The Hall–Kier alpha value is -5.65. The minimum Gasteiger partial charge on any atom is -0.507 e. The maximum atomic E-state index is 15.7. The second-order valence-electron chi connectivity index (χ2n) is 15.2. The smallest absolute Gasteiger partial charge is 0.507 e. The van der Waals surface area contributed by atoms with Gasteiger partial charge in [-0.2, -0.15) is 4.57 Å². The van der Waals surface area contributed by atoms with E-state index in [2.05, 4.69) is 0 Å². The minimum absolute atomic E-state index is 0.0562. The van der Waals surface area contributed by atoms with Gasteiger partial charge in [0.05, 0.1) is 0 Å². The van der Waals surface area contributed by atoms with Crippen molar-refractivity contribution in [1.82, 2.24) is 0 Å². The molecule has 0 aliphatic rings. The van der Waals surface area contributed by atoms with Crippen LogP contribution in [0.4, 0.5) is 0 Å². The minimum atomic E-state index is -4.77. The molecule has 7 nitrogen and oxygen atoms in total. The molecule has 3 N–H and O–H groups in total. The summed E-state index contributed by atoms with van der Waals surface area (Å²) in [5.41, 5.74) is 14.2. The molecule has 0 unspecified atom stereocenters. The van der Waals surface area contributed by atoms with Crippen molar-refractivity contribution in [2.24, 2.45) is 0 Å². The molecule has 290 valence electrons. The highest BCUT2D eigenvalue weighted by Gasteiger charge is 2.37. The molecule has 0 aromatic heterocycles. The van der Waals surface area contributed by atoms with Gasteiger partial charge in [-0.05, 0) is 188 Å². The lowest BCUT2D eigenvalue weighted by atomic mass is 9.92. The molecule has 6 rings (SSSR count). The molecule has 8 heteroatoms. The highest BCUT2D eigenvalue weighted by molar-refractivity contribution is 7.49. The van der Waals surface area contributed by atoms with Gasteiger partial charge in [0.2, 0.25) is 0 Å². The molecule has 0 atom stereocenters. The highest BCUT2D eigenvalue weighted by Crippen LogP contribution is 2.57. The summed E-state index contributed by atoms with van der Waals surface area (Å²) in [6.07, 6.45) is 0. The maximum absolute atomic E-state index is 15.7. The van der Waals surface area contributed by atoms with Gasteiger partial charge in [0.15, 0.2) is 0 Å². The second-order valence-corrected chi connectivity index (χ2v) is 16.7. The first kappa shape index (κ1) is 40.0. The second kappa shape index (κ2) is 15.1. The third kappa shape index (κ3) is 7.48. The van der Waals surface area contributed by atoms with Crippen molar-refractivity contribution in [3.8, 4) is 67.9 Å². The molecule has 0 saturated heterocycles. The third-order valence-corrected chi connectivity index (χ3v) is 12.5. The highest BCUT2D eigenvalue weighted by atomic mass is 31.2. The number of phenolic OH excluding ortho intramolecular Hbond substituents is 3. The van der Waals surface area contributed by atoms with Crippen LogP contribution in [0, 0.1) is 83.1 Å². The quantitative estimate of drug-likeness (QED) is 0.126. The van der Waals surface area contributed by atoms with Crippen LogP contribution in [0.3, 0.4) is 0 Å². The Morgan fingerprint density at radius 2 is 0.625 bits per heavy atom. The molecular weight excluding hydrogens is 719 g/mol. The van der Waals surface area contributed by atoms with Gasteiger partial charge in [-0.15, -0.1) is 0 Å².